The fourth-order valence-electron chi connectivity index (χ4n) is 1.40. The van der Waals surface area contributed by atoms with Gasteiger partial charge in [0.1, 0.15) is 11.5 Å². The first-order valence-corrected chi connectivity index (χ1v) is 4.75. The second kappa shape index (κ2) is 4.21. The van der Waals surface area contributed by atoms with E-state index in [0.717, 1.165) is 0 Å². The Kier molecular flexibility index (Phi) is 3.19. The molecule has 0 amide bonds. The lowest BCUT2D eigenvalue weighted by molar-refractivity contribution is -0.138. The Hall–Kier alpha value is -1.71. The van der Waals surface area contributed by atoms with Crippen molar-refractivity contribution >= 4 is 5.97 Å². The van der Waals surface area contributed by atoms with E-state index in [1.54, 1.807) is 0 Å². The predicted molar refractivity (Wildman–Crippen MR) is 55.2 cm³/mol. The van der Waals surface area contributed by atoms with Gasteiger partial charge >= 0.3 is 5.97 Å². The summed E-state index contributed by atoms with van der Waals surface area (Å²) in [6.07, 6.45) is 0.589. The first-order chi connectivity index (χ1) is 6.97. The number of aryl methyl sites for hydroxylation is 1. The molecule has 0 heterocycles. The molecule has 0 fully saturated rings. The molecule has 0 aliphatic heterocycles. The lowest BCUT2D eigenvalue weighted by Crippen LogP contribution is -2.08. The van der Waals surface area contributed by atoms with Gasteiger partial charge in [-0.25, -0.2) is 0 Å². The standard InChI is InChI=1S/C11H14O4/c1-3-7-4-8(6(2)11(14)15)10(13)5-9(7)12/h4-6,12-13H,3H2,1-2H3,(H,14,15). The van der Waals surface area contributed by atoms with E-state index >= 15 is 0 Å². The zero-order valence-corrected chi connectivity index (χ0v) is 8.69. The molecule has 1 aromatic carbocycles. The minimum Gasteiger partial charge on any atom is -0.508 e. The Labute approximate surface area is 87.8 Å². The quantitative estimate of drug-likeness (QED) is 0.711. The third-order valence-electron chi connectivity index (χ3n) is 2.45. The molecule has 0 aromatic heterocycles. The molecule has 4 nitrogen and oxygen atoms in total. The Morgan fingerprint density at radius 3 is 2.40 bits per heavy atom. The van der Waals surface area contributed by atoms with Crippen LogP contribution in [0.15, 0.2) is 12.1 Å². The minimum atomic E-state index is -1.00. The summed E-state index contributed by atoms with van der Waals surface area (Å²) < 4.78 is 0. The fraction of sp³-hybridized carbons (Fsp3) is 0.364. The molecule has 1 unspecified atom stereocenters. The van der Waals surface area contributed by atoms with Gasteiger partial charge in [-0.15, -0.1) is 0 Å². The van der Waals surface area contributed by atoms with Gasteiger partial charge in [-0.1, -0.05) is 6.92 Å². The van der Waals surface area contributed by atoms with Crippen LogP contribution in [-0.4, -0.2) is 21.3 Å². The maximum absolute atomic E-state index is 10.8. The molecule has 0 aliphatic rings. The minimum absolute atomic E-state index is 0.00339. The summed E-state index contributed by atoms with van der Waals surface area (Å²) in [5, 5.41) is 27.8. The van der Waals surface area contributed by atoms with E-state index in [2.05, 4.69) is 0 Å². The van der Waals surface area contributed by atoms with Crippen LogP contribution in [0.25, 0.3) is 0 Å². The van der Waals surface area contributed by atoms with Crippen molar-refractivity contribution in [2.45, 2.75) is 26.2 Å². The monoisotopic (exact) mass is 210 g/mol. The largest absolute Gasteiger partial charge is 0.508 e. The van der Waals surface area contributed by atoms with Crippen LogP contribution in [0.3, 0.4) is 0 Å². The van der Waals surface area contributed by atoms with Crippen LogP contribution in [0, 0.1) is 0 Å². The topological polar surface area (TPSA) is 77.8 Å². The number of carboxylic acids is 1. The molecule has 0 spiro atoms. The number of hydrogen-bond donors (Lipinski definition) is 3. The van der Waals surface area contributed by atoms with Crippen molar-refractivity contribution in [3.8, 4) is 11.5 Å². The fourth-order valence-corrected chi connectivity index (χ4v) is 1.40. The average molecular weight is 210 g/mol. The van der Waals surface area contributed by atoms with Crippen molar-refractivity contribution in [2.24, 2.45) is 0 Å². The number of rotatable bonds is 3. The Balaban J connectivity index is 3.24. The average Bonchev–Trinajstić information content (AvgIpc) is 2.17. The molecule has 15 heavy (non-hydrogen) atoms. The molecule has 1 rings (SSSR count). The third kappa shape index (κ3) is 2.21. The molecule has 0 radical (unpaired) electrons. The van der Waals surface area contributed by atoms with Gasteiger partial charge in [0.05, 0.1) is 5.92 Å². The van der Waals surface area contributed by atoms with Crippen LogP contribution < -0.4 is 0 Å². The summed E-state index contributed by atoms with van der Waals surface area (Å²) >= 11 is 0. The van der Waals surface area contributed by atoms with Gasteiger partial charge in [0.2, 0.25) is 0 Å². The molecule has 1 atom stereocenters. The first-order valence-electron chi connectivity index (χ1n) is 4.75. The van der Waals surface area contributed by atoms with Gasteiger partial charge in [0.15, 0.2) is 0 Å². The number of phenols is 2. The lowest BCUT2D eigenvalue weighted by atomic mass is 9.96. The molecular weight excluding hydrogens is 196 g/mol. The first kappa shape index (κ1) is 11.4. The highest BCUT2D eigenvalue weighted by molar-refractivity contribution is 5.77. The molecule has 0 saturated carbocycles. The molecule has 0 bridgehead atoms. The second-order valence-corrected chi connectivity index (χ2v) is 3.45. The molecule has 0 aliphatic carbocycles. The van der Waals surface area contributed by atoms with Crippen molar-refractivity contribution in [2.75, 3.05) is 0 Å². The Bertz CT molecular complexity index is 384. The van der Waals surface area contributed by atoms with Crippen LogP contribution in [0.1, 0.15) is 30.9 Å². The van der Waals surface area contributed by atoms with Crippen molar-refractivity contribution in [1.82, 2.24) is 0 Å². The van der Waals surface area contributed by atoms with Crippen molar-refractivity contribution in [3.63, 3.8) is 0 Å². The third-order valence-corrected chi connectivity index (χ3v) is 2.45. The Morgan fingerprint density at radius 2 is 1.93 bits per heavy atom. The maximum atomic E-state index is 10.8. The van der Waals surface area contributed by atoms with Gasteiger partial charge in [-0.2, -0.15) is 0 Å². The molecular formula is C11H14O4. The van der Waals surface area contributed by atoms with Gasteiger partial charge in [0, 0.05) is 11.6 Å². The normalized spacial score (nSPS) is 12.4. The van der Waals surface area contributed by atoms with Gasteiger partial charge < -0.3 is 15.3 Å². The van der Waals surface area contributed by atoms with E-state index in [1.807, 2.05) is 6.92 Å². The highest BCUT2D eigenvalue weighted by Crippen LogP contribution is 2.32. The van der Waals surface area contributed by atoms with Crippen molar-refractivity contribution in [1.29, 1.82) is 0 Å². The SMILES string of the molecule is CCc1cc(C(C)C(=O)O)c(O)cc1O. The maximum Gasteiger partial charge on any atom is 0.310 e. The summed E-state index contributed by atoms with van der Waals surface area (Å²) in [5.41, 5.74) is 0.966. The summed E-state index contributed by atoms with van der Waals surface area (Å²) in [7, 11) is 0. The van der Waals surface area contributed by atoms with E-state index in [0.29, 0.717) is 17.5 Å². The molecule has 3 N–H and O–H groups in total. The highest BCUT2D eigenvalue weighted by Gasteiger charge is 2.19. The zero-order valence-electron chi connectivity index (χ0n) is 8.69. The van der Waals surface area contributed by atoms with Crippen LogP contribution in [0.5, 0.6) is 11.5 Å². The number of carboxylic acid groups (broad SMARTS) is 1. The Morgan fingerprint density at radius 1 is 1.33 bits per heavy atom. The number of benzene rings is 1. The van der Waals surface area contributed by atoms with Gasteiger partial charge in [0.25, 0.3) is 0 Å². The number of phenolic OH excluding ortho intramolecular Hbond substituents is 2. The summed E-state index contributed by atoms with van der Waals surface area (Å²) in [4.78, 5) is 10.8. The number of carbonyl (C=O) groups is 1. The highest BCUT2D eigenvalue weighted by atomic mass is 16.4. The number of aromatic hydroxyl groups is 2. The van der Waals surface area contributed by atoms with Gasteiger partial charge in [-0.3, -0.25) is 4.79 Å². The second-order valence-electron chi connectivity index (χ2n) is 3.45. The van der Waals surface area contributed by atoms with Gasteiger partial charge in [-0.05, 0) is 25.0 Å². The molecule has 82 valence electrons. The smallest absolute Gasteiger partial charge is 0.310 e. The van der Waals surface area contributed by atoms with E-state index in [9.17, 15) is 15.0 Å². The van der Waals surface area contributed by atoms with Crippen LogP contribution in [0.2, 0.25) is 0 Å². The van der Waals surface area contributed by atoms with Crippen LogP contribution in [-0.2, 0) is 11.2 Å². The van der Waals surface area contributed by atoms with E-state index in [1.165, 1.54) is 19.1 Å². The van der Waals surface area contributed by atoms with Crippen molar-refractivity contribution in [3.05, 3.63) is 23.3 Å². The van der Waals surface area contributed by atoms with Crippen LogP contribution in [0.4, 0.5) is 0 Å². The molecule has 1 aromatic rings. The van der Waals surface area contributed by atoms with E-state index < -0.39 is 11.9 Å². The molecule has 4 heteroatoms. The van der Waals surface area contributed by atoms with E-state index in [4.69, 9.17) is 5.11 Å². The number of aliphatic carboxylic acids is 1. The van der Waals surface area contributed by atoms with Crippen molar-refractivity contribution < 1.29 is 20.1 Å². The number of hydrogen-bond acceptors (Lipinski definition) is 3. The predicted octanol–water partition coefficient (Wildman–Crippen LogP) is 1.85. The zero-order chi connectivity index (χ0) is 11.6. The summed E-state index contributed by atoms with van der Waals surface area (Å²) in [6, 6.07) is 2.72. The molecule has 0 saturated heterocycles. The summed E-state index contributed by atoms with van der Waals surface area (Å²) in [6.45, 7) is 3.34. The summed E-state index contributed by atoms with van der Waals surface area (Å²) in [5.74, 6) is -1.97. The lowest BCUT2D eigenvalue weighted by Gasteiger charge is -2.12. The van der Waals surface area contributed by atoms with E-state index in [-0.39, 0.29) is 11.5 Å². The van der Waals surface area contributed by atoms with Crippen LogP contribution >= 0.6 is 0 Å².